The monoisotopic (exact) mass is 466 g/mol. The number of hydrogen-bond acceptors (Lipinski definition) is 5. The van der Waals surface area contributed by atoms with E-state index in [9.17, 15) is 19.2 Å². The van der Waals surface area contributed by atoms with E-state index >= 15 is 0 Å². The summed E-state index contributed by atoms with van der Waals surface area (Å²) in [5.41, 5.74) is 5.91. The van der Waals surface area contributed by atoms with Crippen LogP contribution in [0.3, 0.4) is 0 Å². The van der Waals surface area contributed by atoms with Gasteiger partial charge in [0.2, 0.25) is 23.6 Å². The van der Waals surface area contributed by atoms with Crippen molar-refractivity contribution < 1.29 is 19.2 Å². The van der Waals surface area contributed by atoms with Gasteiger partial charge in [-0.1, -0.05) is 54.1 Å². The number of nitrogens with zero attached hydrogens (tertiary/aromatic N) is 1. The third-order valence-corrected chi connectivity index (χ3v) is 7.27. The third kappa shape index (κ3) is 3.24. The lowest BCUT2D eigenvalue weighted by molar-refractivity contribution is -0.142. The highest BCUT2D eigenvalue weighted by atomic mass is 35.5. The quantitative estimate of drug-likeness (QED) is 0.558. The van der Waals surface area contributed by atoms with E-state index in [-0.39, 0.29) is 25.3 Å². The van der Waals surface area contributed by atoms with Crippen molar-refractivity contribution in [1.29, 1.82) is 0 Å². The molecule has 170 valence electrons. The summed E-state index contributed by atoms with van der Waals surface area (Å²) in [6, 6.07) is 14.1. The molecule has 5 rings (SSSR count). The van der Waals surface area contributed by atoms with Crippen LogP contribution in [0.4, 0.5) is 5.69 Å². The van der Waals surface area contributed by atoms with Crippen LogP contribution in [-0.4, -0.2) is 41.1 Å². The molecule has 2 aromatic carbocycles. The largest absolute Gasteiger partial charge is 0.370 e. The first-order valence-corrected chi connectivity index (χ1v) is 11.3. The number of nitrogens with one attached hydrogen (secondary N) is 2. The average Bonchev–Trinajstić information content (AvgIpc) is 3.38. The standard InChI is InChI=1S/C24H23ClN4O4/c25-15-8-4-7-14-20(15)27-23(33)24(14)19-18(16(28-24)9-10-17(26)30)21(31)29(22(19)32)12-11-13-5-2-1-3-6-13/h1-8,16,18-19,28H,9-12H2,(H2,26,30)(H,27,33)/t16-,18-,19-,24-/m0/s1. The normalized spacial score (nSPS) is 27.7. The van der Waals surface area contributed by atoms with E-state index in [2.05, 4.69) is 10.6 Å². The van der Waals surface area contributed by atoms with Crippen molar-refractivity contribution in [3.63, 3.8) is 0 Å². The van der Waals surface area contributed by atoms with Crippen LogP contribution in [0, 0.1) is 11.8 Å². The smallest absolute Gasteiger partial charge is 0.250 e. The SMILES string of the molecule is NC(=O)CC[C@@H]1N[C@]2(C(=O)Nc3c(Cl)cccc32)[C@@H]2C(=O)N(CCc3ccccc3)C(=O)[C@@H]12. The van der Waals surface area contributed by atoms with E-state index in [1.807, 2.05) is 30.3 Å². The number of carbonyl (C=O) groups is 4. The van der Waals surface area contributed by atoms with Crippen LogP contribution in [0.5, 0.6) is 0 Å². The molecule has 0 aliphatic carbocycles. The molecular weight excluding hydrogens is 444 g/mol. The summed E-state index contributed by atoms with van der Waals surface area (Å²) in [5, 5.41) is 6.42. The molecule has 8 nitrogen and oxygen atoms in total. The van der Waals surface area contributed by atoms with E-state index < -0.39 is 41.1 Å². The number of para-hydroxylation sites is 1. The number of primary amides is 1. The number of anilines is 1. The number of hydrogen-bond donors (Lipinski definition) is 3. The maximum Gasteiger partial charge on any atom is 0.250 e. The van der Waals surface area contributed by atoms with Gasteiger partial charge in [0.15, 0.2) is 0 Å². The Balaban J connectivity index is 1.53. The molecule has 33 heavy (non-hydrogen) atoms. The first-order valence-electron chi connectivity index (χ1n) is 10.9. The maximum absolute atomic E-state index is 13.7. The van der Waals surface area contributed by atoms with Crippen molar-refractivity contribution in [2.75, 3.05) is 11.9 Å². The summed E-state index contributed by atoms with van der Waals surface area (Å²) >= 11 is 6.32. The van der Waals surface area contributed by atoms with Crippen LogP contribution in [0.1, 0.15) is 24.0 Å². The van der Waals surface area contributed by atoms with Crippen molar-refractivity contribution in [3.05, 3.63) is 64.7 Å². The number of carbonyl (C=O) groups excluding carboxylic acids is 4. The number of halogens is 1. The number of imide groups is 1. The molecule has 4 atom stereocenters. The van der Waals surface area contributed by atoms with Gasteiger partial charge in [-0.15, -0.1) is 0 Å². The van der Waals surface area contributed by atoms with Crippen LogP contribution < -0.4 is 16.4 Å². The van der Waals surface area contributed by atoms with Crippen LogP contribution in [0.15, 0.2) is 48.5 Å². The van der Waals surface area contributed by atoms with Crippen molar-refractivity contribution in [2.24, 2.45) is 17.6 Å². The zero-order chi connectivity index (χ0) is 23.3. The average molecular weight is 467 g/mol. The Kier molecular flexibility index (Phi) is 5.22. The summed E-state index contributed by atoms with van der Waals surface area (Å²) in [5.74, 6) is -3.36. The minimum Gasteiger partial charge on any atom is -0.370 e. The van der Waals surface area contributed by atoms with Gasteiger partial charge in [0.1, 0.15) is 5.54 Å². The highest BCUT2D eigenvalue weighted by molar-refractivity contribution is 6.35. The second-order valence-corrected chi connectivity index (χ2v) is 9.15. The molecular formula is C24H23ClN4O4. The minimum absolute atomic E-state index is 0.0342. The van der Waals surface area contributed by atoms with Gasteiger partial charge >= 0.3 is 0 Å². The molecule has 0 bridgehead atoms. The molecule has 3 heterocycles. The summed E-state index contributed by atoms with van der Waals surface area (Å²) in [6.07, 6.45) is 0.790. The predicted octanol–water partition coefficient (Wildman–Crippen LogP) is 1.57. The Morgan fingerprint density at radius 1 is 1.06 bits per heavy atom. The molecule has 0 radical (unpaired) electrons. The Hall–Kier alpha value is -3.23. The van der Waals surface area contributed by atoms with E-state index in [4.69, 9.17) is 17.3 Å². The number of nitrogens with two attached hydrogens (primary N) is 1. The van der Waals surface area contributed by atoms with Crippen LogP contribution >= 0.6 is 11.6 Å². The summed E-state index contributed by atoms with van der Waals surface area (Å²) in [6.45, 7) is 0.220. The van der Waals surface area contributed by atoms with Gasteiger partial charge in [0.05, 0.1) is 22.5 Å². The lowest BCUT2D eigenvalue weighted by Crippen LogP contribution is -2.53. The third-order valence-electron chi connectivity index (χ3n) is 6.96. The number of benzene rings is 2. The van der Waals surface area contributed by atoms with E-state index in [0.29, 0.717) is 22.7 Å². The van der Waals surface area contributed by atoms with Crippen LogP contribution in [0.2, 0.25) is 5.02 Å². The second-order valence-electron chi connectivity index (χ2n) is 8.75. The molecule has 3 aliphatic heterocycles. The number of amides is 4. The van der Waals surface area contributed by atoms with E-state index in [1.54, 1.807) is 18.2 Å². The molecule has 3 aliphatic rings. The zero-order valence-electron chi connectivity index (χ0n) is 17.7. The van der Waals surface area contributed by atoms with Crippen molar-refractivity contribution in [2.45, 2.75) is 30.8 Å². The summed E-state index contributed by atoms with van der Waals surface area (Å²) in [4.78, 5) is 53.3. The first kappa shape index (κ1) is 21.6. The molecule has 4 amide bonds. The first-order chi connectivity index (χ1) is 15.8. The fraction of sp³-hybridized carbons (Fsp3) is 0.333. The van der Waals surface area contributed by atoms with Crippen molar-refractivity contribution in [3.8, 4) is 0 Å². The van der Waals surface area contributed by atoms with E-state index in [0.717, 1.165) is 5.56 Å². The topological polar surface area (TPSA) is 122 Å². The molecule has 2 saturated heterocycles. The van der Waals surface area contributed by atoms with Gasteiger partial charge in [0, 0.05) is 24.6 Å². The highest BCUT2D eigenvalue weighted by Crippen LogP contribution is 2.54. The van der Waals surface area contributed by atoms with Gasteiger partial charge < -0.3 is 11.1 Å². The lowest BCUT2D eigenvalue weighted by atomic mass is 9.76. The molecule has 9 heteroatoms. The highest BCUT2D eigenvalue weighted by Gasteiger charge is 2.70. The Bertz CT molecular complexity index is 1170. The molecule has 2 aromatic rings. The molecule has 1 spiro atoms. The molecule has 0 aromatic heterocycles. The molecule has 0 saturated carbocycles. The molecule has 2 fully saturated rings. The van der Waals surface area contributed by atoms with Gasteiger partial charge in [-0.25, -0.2) is 0 Å². The lowest BCUT2D eigenvalue weighted by Gasteiger charge is -2.29. The van der Waals surface area contributed by atoms with Crippen molar-refractivity contribution >= 4 is 40.9 Å². The fourth-order valence-corrected chi connectivity index (χ4v) is 5.73. The van der Waals surface area contributed by atoms with Gasteiger partial charge in [-0.3, -0.25) is 29.4 Å². The van der Waals surface area contributed by atoms with Gasteiger partial charge in [-0.2, -0.15) is 0 Å². The Morgan fingerprint density at radius 3 is 2.55 bits per heavy atom. The molecule has 0 unspecified atom stereocenters. The number of rotatable bonds is 6. The second kappa shape index (κ2) is 7.97. The molecule has 4 N–H and O–H groups in total. The summed E-state index contributed by atoms with van der Waals surface area (Å²) in [7, 11) is 0. The van der Waals surface area contributed by atoms with Gasteiger partial charge in [-0.05, 0) is 24.5 Å². The minimum atomic E-state index is -1.43. The van der Waals surface area contributed by atoms with Crippen molar-refractivity contribution in [1.82, 2.24) is 10.2 Å². The number of likely N-dealkylation sites (tertiary alicyclic amines) is 1. The van der Waals surface area contributed by atoms with Gasteiger partial charge in [0.25, 0.3) is 0 Å². The summed E-state index contributed by atoms with van der Waals surface area (Å²) < 4.78 is 0. The van der Waals surface area contributed by atoms with Crippen LogP contribution in [-0.2, 0) is 31.1 Å². The Morgan fingerprint density at radius 2 is 1.82 bits per heavy atom. The number of fused-ring (bicyclic) bond motifs is 4. The Labute approximate surface area is 195 Å². The zero-order valence-corrected chi connectivity index (χ0v) is 18.5. The maximum atomic E-state index is 13.7. The van der Waals surface area contributed by atoms with E-state index in [1.165, 1.54) is 4.90 Å². The fourth-order valence-electron chi connectivity index (χ4n) is 5.51. The predicted molar refractivity (Wildman–Crippen MR) is 121 cm³/mol. The van der Waals surface area contributed by atoms with Crippen LogP contribution in [0.25, 0.3) is 0 Å².